The Morgan fingerprint density at radius 1 is 1.47 bits per heavy atom. The minimum atomic E-state index is -0.648. The van der Waals surface area contributed by atoms with Crippen LogP contribution >= 0.6 is 12.4 Å². The Labute approximate surface area is 119 Å². The monoisotopic (exact) mass is 291 g/mol. The van der Waals surface area contributed by atoms with Crippen LogP contribution in [0.3, 0.4) is 0 Å². The molecule has 1 amide bonds. The Morgan fingerprint density at radius 2 is 2.16 bits per heavy atom. The van der Waals surface area contributed by atoms with Crippen molar-refractivity contribution in [2.75, 3.05) is 13.7 Å². The van der Waals surface area contributed by atoms with Gasteiger partial charge in [0.25, 0.3) is 0 Å². The minimum Gasteiger partial charge on any atom is -0.383 e. The lowest BCUT2D eigenvalue weighted by atomic mass is 10.1. The molecule has 3 N–H and O–H groups in total. The highest BCUT2D eigenvalue weighted by atomic mass is 35.5. The lowest BCUT2D eigenvalue weighted by Gasteiger charge is -2.11. The molecule has 19 heavy (non-hydrogen) atoms. The van der Waals surface area contributed by atoms with E-state index in [0.29, 0.717) is 6.54 Å². The summed E-state index contributed by atoms with van der Waals surface area (Å²) in [5.74, 6) is 0.578. The standard InChI is InChI=1S/C12H21N3O3.ClH/c1-4-10-8(11(5-2)18-15-10)6-14-12(16)9(13)7-17-3;/h9H,4-7,13H2,1-3H3,(H,14,16);1H. The molecule has 0 saturated heterocycles. The summed E-state index contributed by atoms with van der Waals surface area (Å²) in [6, 6.07) is -0.648. The molecule has 0 spiro atoms. The Kier molecular flexibility index (Phi) is 8.38. The molecule has 1 atom stereocenters. The van der Waals surface area contributed by atoms with Crippen LogP contribution in [0, 0.1) is 0 Å². The van der Waals surface area contributed by atoms with Gasteiger partial charge in [-0.2, -0.15) is 0 Å². The SMILES string of the molecule is CCc1noc(CC)c1CNC(=O)C(N)COC.Cl. The van der Waals surface area contributed by atoms with E-state index in [1.54, 1.807) is 0 Å². The van der Waals surface area contributed by atoms with Gasteiger partial charge in [0.2, 0.25) is 5.91 Å². The number of aromatic nitrogens is 1. The van der Waals surface area contributed by atoms with E-state index in [9.17, 15) is 4.79 Å². The number of ether oxygens (including phenoxy) is 1. The summed E-state index contributed by atoms with van der Waals surface area (Å²) in [5, 5.41) is 6.76. The van der Waals surface area contributed by atoms with Crippen LogP contribution in [0.2, 0.25) is 0 Å². The number of carbonyl (C=O) groups is 1. The minimum absolute atomic E-state index is 0. The highest BCUT2D eigenvalue weighted by Crippen LogP contribution is 2.15. The van der Waals surface area contributed by atoms with Crippen LogP contribution in [0.15, 0.2) is 4.52 Å². The quantitative estimate of drug-likeness (QED) is 0.776. The predicted molar refractivity (Wildman–Crippen MR) is 74.2 cm³/mol. The Bertz CT molecular complexity index is 374. The zero-order valence-electron chi connectivity index (χ0n) is 11.6. The zero-order valence-corrected chi connectivity index (χ0v) is 12.4. The van der Waals surface area contributed by atoms with Crippen molar-refractivity contribution in [2.24, 2.45) is 5.73 Å². The number of hydrogen-bond donors (Lipinski definition) is 2. The maximum Gasteiger partial charge on any atom is 0.239 e. The van der Waals surface area contributed by atoms with Crippen molar-refractivity contribution < 1.29 is 14.1 Å². The van der Waals surface area contributed by atoms with Gasteiger partial charge in [-0.3, -0.25) is 4.79 Å². The molecular weight excluding hydrogens is 270 g/mol. The molecular formula is C12H22ClN3O3. The van der Waals surface area contributed by atoms with Crippen LogP contribution in [0.5, 0.6) is 0 Å². The Balaban J connectivity index is 0.00000324. The molecule has 1 unspecified atom stereocenters. The van der Waals surface area contributed by atoms with Gasteiger partial charge < -0.3 is 20.3 Å². The van der Waals surface area contributed by atoms with Gasteiger partial charge in [0, 0.05) is 25.6 Å². The van der Waals surface area contributed by atoms with Crippen molar-refractivity contribution in [3.05, 3.63) is 17.0 Å². The normalized spacial score (nSPS) is 11.8. The first kappa shape index (κ1) is 17.9. The third-order valence-corrected chi connectivity index (χ3v) is 2.73. The third-order valence-electron chi connectivity index (χ3n) is 2.73. The molecule has 1 heterocycles. The molecule has 0 fully saturated rings. The summed E-state index contributed by atoms with van der Waals surface area (Å²) in [6.07, 6.45) is 1.53. The van der Waals surface area contributed by atoms with Gasteiger partial charge in [-0.05, 0) is 6.42 Å². The molecule has 0 aromatic carbocycles. The maximum absolute atomic E-state index is 11.7. The van der Waals surface area contributed by atoms with Crippen LogP contribution in [0.25, 0.3) is 0 Å². The second-order valence-electron chi connectivity index (χ2n) is 4.02. The molecule has 0 aliphatic carbocycles. The summed E-state index contributed by atoms with van der Waals surface area (Å²) >= 11 is 0. The number of aryl methyl sites for hydroxylation is 2. The molecule has 0 saturated carbocycles. The van der Waals surface area contributed by atoms with Crippen molar-refractivity contribution in [1.29, 1.82) is 0 Å². The fourth-order valence-corrected chi connectivity index (χ4v) is 1.70. The van der Waals surface area contributed by atoms with Crippen LogP contribution < -0.4 is 11.1 Å². The van der Waals surface area contributed by atoms with E-state index < -0.39 is 6.04 Å². The summed E-state index contributed by atoms with van der Waals surface area (Å²) in [7, 11) is 1.51. The first-order valence-corrected chi connectivity index (χ1v) is 6.12. The molecule has 1 aromatic heterocycles. The molecule has 6 nitrogen and oxygen atoms in total. The Hall–Kier alpha value is -1.11. The number of nitrogens with zero attached hydrogens (tertiary/aromatic N) is 1. The van der Waals surface area contributed by atoms with Gasteiger partial charge in [0.15, 0.2) is 0 Å². The summed E-state index contributed by atoms with van der Waals surface area (Å²) in [4.78, 5) is 11.7. The number of carbonyl (C=O) groups excluding carboxylic acids is 1. The highest BCUT2D eigenvalue weighted by Gasteiger charge is 2.17. The fourth-order valence-electron chi connectivity index (χ4n) is 1.70. The smallest absolute Gasteiger partial charge is 0.239 e. The lowest BCUT2D eigenvalue weighted by Crippen LogP contribution is -2.43. The van der Waals surface area contributed by atoms with E-state index in [0.717, 1.165) is 29.9 Å². The van der Waals surface area contributed by atoms with Crippen molar-refractivity contribution in [3.63, 3.8) is 0 Å². The molecule has 0 aliphatic rings. The molecule has 1 aromatic rings. The number of nitrogens with one attached hydrogen (secondary N) is 1. The van der Waals surface area contributed by atoms with Gasteiger partial charge in [0.1, 0.15) is 11.8 Å². The highest BCUT2D eigenvalue weighted by molar-refractivity contribution is 5.85. The summed E-state index contributed by atoms with van der Waals surface area (Å²) in [6.45, 7) is 4.59. The zero-order chi connectivity index (χ0) is 13.5. The number of methoxy groups -OCH3 is 1. The number of halogens is 1. The van der Waals surface area contributed by atoms with Gasteiger partial charge in [-0.1, -0.05) is 19.0 Å². The fraction of sp³-hybridized carbons (Fsp3) is 0.667. The van der Waals surface area contributed by atoms with Gasteiger partial charge in [0.05, 0.1) is 12.3 Å². The molecule has 1 rings (SSSR count). The van der Waals surface area contributed by atoms with Gasteiger partial charge >= 0.3 is 0 Å². The molecule has 0 bridgehead atoms. The average molecular weight is 292 g/mol. The number of amides is 1. The molecule has 7 heteroatoms. The van der Waals surface area contributed by atoms with Crippen LogP contribution in [-0.2, 0) is 28.9 Å². The first-order chi connectivity index (χ1) is 8.63. The lowest BCUT2D eigenvalue weighted by molar-refractivity contribution is -0.123. The Morgan fingerprint density at radius 3 is 2.68 bits per heavy atom. The maximum atomic E-state index is 11.7. The third kappa shape index (κ3) is 4.81. The second kappa shape index (κ2) is 8.90. The average Bonchev–Trinajstić information content (AvgIpc) is 2.78. The van der Waals surface area contributed by atoms with Crippen molar-refractivity contribution in [2.45, 2.75) is 39.3 Å². The van der Waals surface area contributed by atoms with Crippen LogP contribution in [0.1, 0.15) is 30.9 Å². The van der Waals surface area contributed by atoms with Crippen LogP contribution in [-0.4, -0.2) is 30.8 Å². The van der Waals surface area contributed by atoms with E-state index >= 15 is 0 Å². The summed E-state index contributed by atoms with van der Waals surface area (Å²) in [5.41, 5.74) is 7.47. The van der Waals surface area contributed by atoms with E-state index in [4.69, 9.17) is 15.0 Å². The van der Waals surface area contributed by atoms with Crippen molar-refractivity contribution in [1.82, 2.24) is 10.5 Å². The largest absolute Gasteiger partial charge is 0.383 e. The van der Waals surface area contributed by atoms with Crippen molar-refractivity contribution in [3.8, 4) is 0 Å². The number of hydrogen-bond acceptors (Lipinski definition) is 5. The number of nitrogens with two attached hydrogens (primary N) is 1. The van der Waals surface area contributed by atoms with Gasteiger partial charge in [-0.15, -0.1) is 12.4 Å². The predicted octanol–water partition coefficient (Wildman–Crippen LogP) is 0.811. The van der Waals surface area contributed by atoms with Crippen LogP contribution in [0.4, 0.5) is 0 Å². The molecule has 110 valence electrons. The number of rotatable bonds is 7. The topological polar surface area (TPSA) is 90.4 Å². The summed E-state index contributed by atoms with van der Waals surface area (Å²) < 4.78 is 10.1. The van der Waals surface area contributed by atoms with Gasteiger partial charge in [-0.25, -0.2) is 0 Å². The van der Waals surface area contributed by atoms with E-state index in [-0.39, 0.29) is 24.9 Å². The van der Waals surface area contributed by atoms with E-state index in [1.165, 1.54) is 7.11 Å². The molecule has 0 aliphatic heterocycles. The molecule has 0 radical (unpaired) electrons. The first-order valence-electron chi connectivity index (χ1n) is 6.12. The van der Waals surface area contributed by atoms with E-state index in [1.807, 2.05) is 13.8 Å². The van der Waals surface area contributed by atoms with E-state index in [2.05, 4.69) is 10.5 Å². The second-order valence-corrected chi connectivity index (χ2v) is 4.02. The van der Waals surface area contributed by atoms with Crippen molar-refractivity contribution >= 4 is 18.3 Å².